The third kappa shape index (κ3) is 9.15. The van der Waals surface area contributed by atoms with Gasteiger partial charge in [-0.05, 0) is 17.9 Å². The molecule has 0 saturated carbocycles. The van der Waals surface area contributed by atoms with Gasteiger partial charge in [-0.2, -0.15) is 0 Å². The van der Waals surface area contributed by atoms with Crippen LogP contribution in [0.1, 0.15) is 38.7 Å². The Hall–Kier alpha value is -2.97. The summed E-state index contributed by atoms with van der Waals surface area (Å²) in [6.07, 6.45) is -0.264. The molecule has 0 aliphatic rings. The van der Waals surface area contributed by atoms with Crippen molar-refractivity contribution in [2.24, 2.45) is 5.92 Å². The van der Waals surface area contributed by atoms with E-state index in [-0.39, 0.29) is 31.3 Å². The molecule has 1 unspecified atom stereocenters. The topological polar surface area (TPSA) is 105 Å². The lowest BCUT2D eigenvalue weighted by atomic mass is 9.97. The molecule has 0 spiro atoms. The zero-order valence-electron chi connectivity index (χ0n) is 18.5. The normalized spacial score (nSPS) is 13.5. The molecule has 1 rings (SSSR count). The molecule has 0 aromatic heterocycles. The minimum absolute atomic E-state index is 0.0236. The fourth-order valence-electron chi connectivity index (χ4n) is 2.75. The van der Waals surface area contributed by atoms with Gasteiger partial charge in [-0.1, -0.05) is 50.6 Å². The molecule has 0 bridgehead atoms. The van der Waals surface area contributed by atoms with E-state index in [0.29, 0.717) is 6.42 Å². The summed E-state index contributed by atoms with van der Waals surface area (Å²) in [5.74, 6) is -1.97. The molecule has 3 amide bonds. The molecule has 1 aromatic carbocycles. The Labute approximate surface area is 182 Å². The number of amides is 3. The maximum atomic E-state index is 13.0. The van der Waals surface area contributed by atoms with Gasteiger partial charge >= 0.3 is 6.09 Å². The van der Waals surface area contributed by atoms with Gasteiger partial charge in [0, 0.05) is 20.5 Å². The first kappa shape index (κ1) is 26.1. The van der Waals surface area contributed by atoms with Gasteiger partial charge in [-0.25, -0.2) is 9.18 Å². The molecule has 2 N–H and O–H groups in total. The van der Waals surface area contributed by atoms with Crippen LogP contribution < -0.4 is 10.6 Å². The summed E-state index contributed by atoms with van der Waals surface area (Å²) >= 11 is 0. The summed E-state index contributed by atoms with van der Waals surface area (Å²) in [5.41, 5.74) is 0.793. The van der Waals surface area contributed by atoms with Crippen LogP contribution in [0, 0.1) is 5.92 Å². The van der Waals surface area contributed by atoms with Gasteiger partial charge in [0.2, 0.25) is 11.8 Å². The van der Waals surface area contributed by atoms with E-state index in [4.69, 9.17) is 4.74 Å². The first-order valence-corrected chi connectivity index (χ1v) is 10.3. The number of benzene rings is 1. The predicted octanol–water partition coefficient (Wildman–Crippen LogP) is 2.22. The van der Waals surface area contributed by atoms with Crippen molar-refractivity contribution in [1.29, 1.82) is 0 Å². The fourth-order valence-corrected chi connectivity index (χ4v) is 2.75. The lowest BCUT2D eigenvalue weighted by Gasteiger charge is -2.26. The number of hydrogen-bond donors (Lipinski definition) is 2. The number of nitrogens with zero attached hydrogens (tertiary/aromatic N) is 1. The number of nitrogens with one attached hydrogen (secondary N) is 2. The molecule has 0 heterocycles. The van der Waals surface area contributed by atoms with Crippen LogP contribution >= 0.6 is 0 Å². The van der Waals surface area contributed by atoms with Gasteiger partial charge in [0.15, 0.2) is 5.78 Å². The van der Waals surface area contributed by atoms with Crippen LogP contribution in [0.3, 0.4) is 0 Å². The number of hydrogen-bond acceptors (Lipinski definition) is 5. The molecule has 0 aliphatic heterocycles. The molecule has 172 valence electrons. The minimum atomic E-state index is -1.26. The number of Topliss-reactive ketones (excluding diaryl/α,β-unsaturated/α-hetero) is 1. The zero-order chi connectivity index (χ0) is 23.4. The average molecular weight is 438 g/mol. The van der Waals surface area contributed by atoms with Crippen LogP contribution in [-0.4, -0.2) is 61.4 Å². The van der Waals surface area contributed by atoms with Crippen molar-refractivity contribution in [3.63, 3.8) is 0 Å². The maximum Gasteiger partial charge on any atom is 0.408 e. The van der Waals surface area contributed by atoms with Crippen LogP contribution in [-0.2, 0) is 25.7 Å². The Balaban J connectivity index is 2.78. The van der Waals surface area contributed by atoms with Gasteiger partial charge in [0.05, 0.1) is 6.04 Å². The first-order valence-electron chi connectivity index (χ1n) is 10.3. The van der Waals surface area contributed by atoms with E-state index in [1.165, 1.54) is 4.90 Å². The highest BCUT2D eigenvalue weighted by molar-refractivity contribution is 5.93. The Morgan fingerprint density at radius 3 is 2.29 bits per heavy atom. The Bertz CT molecular complexity index is 742. The highest BCUT2D eigenvalue weighted by Crippen LogP contribution is 2.11. The second-order valence-electron chi connectivity index (χ2n) is 7.56. The summed E-state index contributed by atoms with van der Waals surface area (Å²) in [7, 11) is 3.13. The highest BCUT2D eigenvalue weighted by Gasteiger charge is 2.30. The van der Waals surface area contributed by atoms with E-state index in [9.17, 15) is 23.6 Å². The number of carbonyl (C=O) groups excluding carboxylic acids is 4. The van der Waals surface area contributed by atoms with Gasteiger partial charge < -0.3 is 20.3 Å². The first-order chi connectivity index (χ1) is 14.7. The summed E-state index contributed by atoms with van der Waals surface area (Å²) in [4.78, 5) is 50.1. The van der Waals surface area contributed by atoms with E-state index < -0.39 is 36.5 Å². The van der Waals surface area contributed by atoms with Crippen molar-refractivity contribution in [2.45, 2.75) is 51.8 Å². The van der Waals surface area contributed by atoms with Crippen molar-refractivity contribution >= 4 is 23.7 Å². The second-order valence-corrected chi connectivity index (χ2v) is 7.56. The van der Waals surface area contributed by atoms with Crippen LogP contribution in [0.4, 0.5) is 9.18 Å². The summed E-state index contributed by atoms with van der Waals surface area (Å²) in [5, 5.41) is 5.02. The number of halogens is 1. The number of carbonyl (C=O) groups is 4. The summed E-state index contributed by atoms with van der Waals surface area (Å²) < 4.78 is 18.2. The van der Waals surface area contributed by atoms with E-state index in [1.54, 1.807) is 33.2 Å². The lowest BCUT2D eigenvalue weighted by molar-refractivity contribution is -0.132. The molecule has 9 heteroatoms. The number of rotatable bonds is 12. The highest BCUT2D eigenvalue weighted by atomic mass is 19.1. The van der Waals surface area contributed by atoms with E-state index >= 15 is 0 Å². The largest absolute Gasteiger partial charge is 0.445 e. The number of ketones is 1. The molecular weight excluding hydrogens is 405 g/mol. The van der Waals surface area contributed by atoms with Crippen LogP contribution in [0.15, 0.2) is 30.3 Å². The molecule has 31 heavy (non-hydrogen) atoms. The number of alkyl carbamates (subject to hydrolysis) is 1. The standard InChI is InChI=1S/C22H32FN3O5/c1-5-15(2)20(25-22(30)31-14-16-9-7-6-8-10-16)21(29)24-17(18(27)13-23)11-12-19(28)26(3)4/h6-10,15,17,20H,5,11-14H2,1-4H3,(H,24,29)(H,25,30)/t15?,17-,20-/m0/s1. The lowest BCUT2D eigenvalue weighted by Crippen LogP contribution is -2.54. The fraction of sp³-hybridized carbons (Fsp3) is 0.545. The Morgan fingerprint density at radius 1 is 1.10 bits per heavy atom. The van der Waals surface area contributed by atoms with E-state index in [0.717, 1.165) is 5.56 Å². The minimum Gasteiger partial charge on any atom is -0.445 e. The Kier molecular flexibility index (Phi) is 11.2. The van der Waals surface area contributed by atoms with Gasteiger partial charge in [0.1, 0.15) is 19.3 Å². The third-order valence-electron chi connectivity index (χ3n) is 4.96. The van der Waals surface area contributed by atoms with Crippen LogP contribution in [0.2, 0.25) is 0 Å². The summed E-state index contributed by atoms with van der Waals surface area (Å²) in [6, 6.07) is 6.93. The molecule has 3 atom stereocenters. The van der Waals surface area contributed by atoms with Crippen molar-refractivity contribution in [3.05, 3.63) is 35.9 Å². The van der Waals surface area contributed by atoms with Crippen molar-refractivity contribution in [2.75, 3.05) is 20.8 Å². The van der Waals surface area contributed by atoms with Gasteiger partial charge in [0.25, 0.3) is 0 Å². The smallest absolute Gasteiger partial charge is 0.408 e. The van der Waals surface area contributed by atoms with Crippen molar-refractivity contribution in [3.8, 4) is 0 Å². The molecule has 8 nitrogen and oxygen atoms in total. The molecule has 0 radical (unpaired) electrons. The van der Waals surface area contributed by atoms with E-state index in [1.807, 2.05) is 25.1 Å². The Morgan fingerprint density at radius 2 is 1.74 bits per heavy atom. The molecule has 0 aliphatic carbocycles. The van der Waals surface area contributed by atoms with Crippen molar-refractivity contribution in [1.82, 2.24) is 15.5 Å². The van der Waals surface area contributed by atoms with Crippen LogP contribution in [0.25, 0.3) is 0 Å². The quantitative estimate of drug-likeness (QED) is 0.522. The predicted molar refractivity (Wildman–Crippen MR) is 114 cm³/mol. The van der Waals surface area contributed by atoms with E-state index in [2.05, 4.69) is 10.6 Å². The number of ether oxygens (including phenoxy) is 1. The molecule has 1 aromatic rings. The third-order valence-corrected chi connectivity index (χ3v) is 4.96. The summed E-state index contributed by atoms with van der Waals surface area (Å²) in [6.45, 7) is 2.39. The molecule has 0 fully saturated rings. The zero-order valence-corrected chi connectivity index (χ0v) is 18.5. The average Bonchev–Trinajstić information content (AvgIpc) is 2.77. The van der Waals surface area contributed by atoms with Gasteiger partial charge in [-0.15, -0.1) is 0 Å². The van der Waals surface area contributed by atoms with Crippen molar-refractivity contribution < 1.29 is 28.3 Å². The van der Waals surface area contributed by atoms with Crippen LogP contribution in [0.5, 0.6) is 0 Å². The molecular formula is C22H32FN3O5. The SMILES string of the molecule is CCC(C)[C@H](NC(=O)OCc1ccccc1)C(=O)N[C@@H](CCC(=O)N(C)C)C(=O)CF. The number of alkyl halides is 1. The maximum absolute atomic E-state index is 13.0. The monoisotopic (exact) mass is 437 g/mol. The second kappa shape index (κ2) is 13.4. The molecule has 0 saturated heterocycles. The van der Waals surface area contributed by atoms with Gasteiger partial charge in [-0.3, -0.25) is 14.4 Å².